The van der Waals surface area contributed by atoms with Gasteiger partial charge >= 0.3 is 0 Å². The number of fused-ring (bicyclic) bond motifs is 2. The van der Waals surface area contributed by atoms with Crippen LogP contribution in [0, 0.1) is 31.6 Å². The number of likely N-dealkylation sites (tertiary alicyclic amines) is 1. The van der Waals surface area contributed by atoms with Crippen molar-refractivity contribution in [1.82, 2.24) is 9.80 Å². The Morgan fingerprint density at radius 2 is 1.75 bits per heavy atom. The predicted molar refractivity (Wildman–Crippen MR) is 154 cm³/mol. The van der Waals surface area contributed by atoms with Gasteiger partial charge in [-0.2, -0.15) is 0 Å². The van der Waals surface area contributed by atoms with Crippen LogP contribution in [0.2, 0.25) is 0 Å². The van der Waals surface area contributed by atoms with Crippen molar-refractivity contribution < 1.29 is 24.2 Å². The number of carbonyl (C=O) groups excluding carboxylic acids is 3. The van der Waals surface area contributed by atoms with Crippen LogP contribution in [-0.2, 0) is 19.1 Å². The first-order valence-corrected chi connectivity index (χ1v) is 14.7. The van der Waals surface area contributed by atoms with Gasteiger partial charge in [0.25, 0.3) is 5.91 Å². The molecule has 5 rings (SSSR count). The number of amides is 3. The fourth-order valence-electron chi connectivity index (χ4n) is 7.38. The molecule has 1 unspecified atom stereocenters. The van der Waals surface area contributed by atoms with E-state index in [4.69, 9.17) is 4.74 Å². The van der Waals surface area contributed by atoms with Crippen molar-refractivity contribution in [3.8, 4) is 0 Å². The third kappa shape index (κ3) is 4.14. The summed E-state index contributed by atoms with van der Waals surface area (Å²) in [7, 11) is 0. The van der Waals surface area contributed by atoms with Crippen LogP contribution in [0.15, 0.2) is 42.5 Å². The molecule has 2 saturated heterocycles. The van der Waals surface area contributed by atoms with Crippen LogP contribution in [0.1, 0.15) is 51.7 Å². The maximum atomic E-state index is 14.8. The van der Waals surface area contributed by atoms with Gasteiger partial charge in [0.05, 0.1) is 30.1 Å². The summed E-state index contributed by atoms with van der Waals surface area (Å²) in [6, 6.07) is 4.40. The lowest BCUT2D eigenvalue weighted by Crippen LogP contribution is -2.60. The lowest BCUT2D eigenvalue weighted by atomic mass is 9.74. The molecule has 7 atom stereocenters. The predicted octanol–water partition coefficient (Wildman–Crippen LogP) is 3.39. The number of aliphatic hydroxyl groups is 1. The smallest absolute Gasteiger partial charge is 0.253 e. The summed E-state index contributed by atoms with van der Waals surface area (Å²) < 4.78 is 6.93. The molecular formula is C32H43N3O5. The molecule has 3 amide bonds. The van der Waals surface area contributed by atoms with Crippen molar-refractivity contribution in [3.63, 3.8) is 0 Å². The number of hydrogen-bond acceptors (Lipinski definition) is 5. The number of anilines is 1. The molecule has 1 spiro atoms. The molecule has 0 radical (unpaired) electrons. The Labute approximate surface area is 237 Å². The van der Waals surface area contributed by atoms with E-state index in [0.717, 1.165) is 29.7 Å². The zero-order valence-corrected chi connectivity index (χ0v) is 24.6. The zero-order valence-electron chi connectivity index (χ0n) is 24.6. The summed E-state index contributed by atoms with van der Waals surface area (Å²) >= 11 is 0. The van der Waals surface area contributed by atoms with Crippen LogP contribution >= 0.6 is 0 Å². The molecule has 1 aromatic rings. The first-order valence-electron chi connectivity index (χ1n) is 14.7. The number of benzene rings is 1. The van der Waals surface area contributed by atoms with Gasteiger partial charge in [-0.15, -0.1) is 0 Å². The van der Waals surface area contributed by atoms with E-state index >= 15 is 0 Å². The second-order valence-electron chi connectivity index (χ2n) is 12.2. The van der Waals surface area contributed by atoms with Gasteiger partial charge in [-0.1, -0.05) is 63.6 Å². The maximum absolute atomic E-state index is 14.8. The summed E-state index contributed by atoms with van der Waals surface area (Å²) in [4.78, 5) is 48.6. The monoisotopic (exact) mass is 549 g/mol. The summed E-state index contributed by atoms with van der Waals surface area (Å²) in [6.45, 7) is 12.9. The Bertz CT molecular complexity index is 1260. The van der Waals surface area contributed by atoms with E-state index in [1.165, 1.54) is 0 Å². The first kappa shape index (κ1) is 28.6. The largest absolute Gasteiger partial charge is 0.394 e. The van der Waals surface area contributed by atoms with Gasteiger partial charge in [-0.05, 0) is 50.3 Å². The van der Waals surface area contributed by atoms with Crippen molar-refractivity contribution in [1.29, 1.82) is 0 Å². The second kappa shape index (κ2) is 10.5. The van der Waals surface area contributed by atoms with Gasteiger partial charge in [-0.25, -0.2) is 0 Å². The molecule has 8 nitrogen and oxygen atoms in total. The molecule has 40 heavy (non-hydrogen) atoms. The quantitative estimate of drug-likeness (QED) is 0.527. The van der Waals surface area contributed by atoms with Crippen LogP contribution in [0.25, 0.3) is 0 Å². The third-order valence-electron chi connectivity index (χ3n) is 9.57. The van der Waals surface area contributed by atoms with Crippen molar-refractivity contribution >= 4 is 23.4 Å². The molecule has 0 aliphatic carbocycles. The summed E-state index contributed by atoms with van der Waals surface area (Å²) in [5, 5.41) is 10.6. The molecule has 216 valence electrons. The van der Waals surface area contributed by atoms with Gasteiger partial charge in [-0.3, -0.25) is 14.4 Å². The Morgan fingerprint density at radius 3 is 2.42 bits per heavy atom. The fourth-order valence-corrected chi connectivity index (χ4v) is 7.38. The van der Waals surface area contributed by atoms with Gasteiger partial charge in [0.2, 0.25) is 11.8 Å². The second-order valence-corrected chi connectivity index (χ2v) is 12.2. The van der Waals surface area contributed by atoms with Crippen LogP contribution < -0.4 is 4.90 Å². The molecule has 0 saturated carbocycles. The normalized spacial score (nSPS) is 33.0. The Morgan fingerprint density at radius 1 is 1.02 bits per heavy atom. The Balaban J connectivity index is 1.70. The minimum absolute atomic E-state index is 0.0632. The van der Waals surface area contributed by atoms with E-state index in [1.54, 1.807) is 14.7 Å². The topological polar surface area (TPSA) is 90.4 Å². The van der Waals surface area contributed by atoms with Crippen molar-refractivity contribution in [3.05, 3.63) is 53.6 Å². The molecule has 4 aliphatic heterocycles. The summed E-state index contributed by atoms with van der Waals surface area (Å²) in [5.74, 6) is -2.39. The first-order chi connectivity index (χ1) is 19.0. The van der Waals surface area contributed by atoms with Crippen molar-refractivity contribution in [2.75, 3.05) is 31.1 Å². The van der Waals surface area contributed by atoms with E-state index in [0.29, 0.717) is 19.6 Å². The minimum atomic E-state index is -1.34. The van der Waals surface area contributed by atoms with Crippen LogP contribution in [0.4, 0.5) is 5.69 Å². The van der Waals surface area contributed by atoms with E-state index in [9.17, 15) is 19.5 Å². The summed E-state index contributed by atoms with van der Waals surface area (Å²) in [5.41, 5.74) is 0.384. The lowest BCUT2D eigenvalue weighted by molar-refractivity contribution is -0.152. The number of hydrogen-bond donors (Lipinski definition) is 1. The fraction of sp³-hybridized carbons (Fsp3) is 0.594. The average molecular weight is 550 g/mol. The third-order valence-corrected chi connectivity index (χ3v) is 9.57. The van der Waals surface area contributed by atoms with E-state index in [-0.39, 0.29) is 30.2 Å². The molecule has 4 aliphatic rings. The average Bonchev–Trinajstić information content (AvgIpc) is 3.19. The number of nitrogens with zero attached hydrogens (tertiary/aromatic N) is 3. The highest BCUT2D eigenvalue weighted by molar-refractivity contribution is 6.06. The SMILES string of the molecule is CCCN1CC=C[C@@]2(C)O[C@]34C=CCN(c5cc(C)ccc5C)C(=O)C3N([C@@H](CO)[C@@H](C)CC)C(=O)[C@@H]4[C@H]2C1=O. The lowest BCUT2D eigenvalue weighted by Gasteiger charge is -2.41. The van der Waals surface area contributed by atoms with Gasteiger partial charge in [0.15, 0.2) is 0 Å². The Kier molecular flexibility index (Phi) is 7.46. The van der Waals surface area contributed by atoms with E-state index in [1.807, 2.05) is 84.0 Å². The van der Waals surface area contributed by atoms with E-state index in [2.05, 4.69) is 0 Å². The molecule has 0 bridgehead atoms. The summed E-state index contributed by atoms with van der Waals surface area (Å²) in [6.07, 6.45) is 9.16. The molecule has 1 aromatic carbocycles. The highest BCUT2D eigenvalue weighted by atomic mass is 16.5. The maximum Gasteiger partial charge on any atom is 0.253 e. The number of aryl methyl sites for hydroxylation is 2. The highest BCUT2D eigenvalue weighted by Gasteiger charge is 2.75. The number of rotatable bonds is 7. The Hall–Kier alpha value is -2.97. The van der Waals surface area contributed by atoms with Crippen molar-refractivity contribution in [2.45, 2.75) is 77.7 Å². The standard InChI is InChI=1S/C32H43N3O5/c1-7-15-33-16-9-13-31(6)25(28(33)37)26-29(38)35(24(19-36)21(4)8-2)27-30(39)34(17-10-14-32(26,27)40-31)23-18-20(3)11-12-22(23)5/h9-14,18,21,24-27,36H,7-8,15-17,19H2,1-6H3/t21-,24-,25-,26-,27?,31+,32-/m0/s1. The number of ether oxygens (including phenoxy) is 1. The number of aliphatic hydroxyl groups excluding tert-OH is 1. The van der Waals surface area contributed by atoms with Gasteiger partial charge < -0.3 is 24.5 Å². The zero-order chi connectivity index (χ0) is 29.0. The van der Waals surface area contributed by atoms with Crippen LogP contribution in [0.3, 0.4) is 0 Å². The molecular weight excluding hydrogens is 506 g/mol. The molecule has 0 aromatic heterocycles. The molecule has 4 heterocycles. The van der Waals surface area contributed by atoms with Gasteiger partial charge in [0, 0.05) is 25.3 Å². The van der Waals surface area contributed by atoms with Gasteiger partial charge in [0.1, 0.15) is 11.6 Å². The molecule has 1 N–H and O–H groups in total. The van der Waals surface area contributed by atoms with Crippen molar-refractivity contribution in [2.24, 2.45) is 17.8 Å². The highest BCUT2D eigenvalue weighted by Crippen LogP contribution is 2.58. The van der Waals surface area contributed by atoms with Crippen LogP contribution in [0.5, 0.6) is 0 Å². The van der Waals surface area contributed by atoms with Crippen LogP contribution in [-0.4, -0.2) is 82.2 Å². The number of carbonyl (C=O) groups is 3. The minimum Gasteiger partial charge on any atom is -0.394 e. The molecule has 8 heteroatoms. The molecule has 2 fully saturated rings. The van der Waals surface area contributed by atoms with E-state index < -0.39 is 35.1 Å².